The third-order valence-electron chi connectivity index (χ3n) is 9.29. The second-order valence-corrected chi connectivity index (χ2v) is 12.5. The van der Waals surface area contributed by atoms with Crippen molar-refractivity contribution in [2.24, 2.45) is 23.2 Å². The quantitative estimate of drug-likeness (QED) is 0.220. The first kappa shape index (κ1) is 27.7. The monoisotopic (exact) mass is 534 g/mol. The summed E-state index contributed by atoms with van der Waals surface area (Å²) >= 11 is 3.20. The Balaban J connectivity index is 1.66. The molecule has 0 spiro atoms. The Kier molecular flexibility index (Phi) is 9.71. The van der Waals surface area contributed by atoms with Gasteiger partial charge in [0, 0.05) is 13.5 Å². The SMILES string of the molecule is C=C1CC[C@H](OC(=O)CBr)C/C1=C/C=C1\CCC[C@@]2(C)C1CC[C@@H]2[C@H](C)CCCC(C)(C)OC. The zero-order valence-electron chi connectivity index (χ0n) is 22.3. The second kappa shape index (κ2) is 11.9. The van der Waals surface area contributed by atoms with E-state index in [2.05, 4.69) is 62.4 Å². The lowest BCUT2D eigenvalue weighted by atomic mass is 9.60. The number of hydrogen-bond donors (Lipinski definition) is 0. The summed E-state index contributed by atoms with van der Waals surface area (Å²) in [7, 11) is 1.83. The Hall–Kier alpha value is -0.870. The molecule has 3 rings (SSSR count). The number of fused-ring (bicyclic) bond motifs is 1. The Morgan fingerprint density at radius 1 is 1.26 bits per heavy atom. The van der Waals surface area contributed by atoms with Crippen molar-refractivity contribution in [1.29, 1.82) is 0 Å². The summed E-state index contributed by atoms with van der Waals surface area (Å²) in [5.41, 5.74) is 4.53. The molecule has 1 unspecified atom stereocenters. The summed E-state index contributed by atoms with van der Waals surface area (Å²) in [4.78, 5) is 11.7. The second-order valence-electron chi connectivity index (χ2n) is 12.0. The number of esters is 1. The first-order valence-electron chi connectivity index (χ1n) is 13.5. The first-order chi connectivity index (χ1) is 16.1. The number of alkyl halides is 1. The van der Waals surface area contributed by atoms with E-state index in [4.69, 9.17) is 9.47 Å². The maximum absolute atomic E-state index is 11.7. The van der Waals surface area contributed by atoms with Crippen LogP contribution in [0.25, 0.3) is 0 Å². The molecule has 0 radical (unpaired) electrons. The Labute approximate surface area is 216 Å². The van der Waals surface area contributed by atoms with Crippen LogP contribution in [0.1, 0.15) is 98.3 Å². The van der Waals surface area contributed by atoms with Crippen molar-refractivity contribution in [2.75, 3.05) is 12.4 Å². The molecule has 3 saturated carbocycles. The van der Waals surface area contributed by atoms with Gasteiger partial charge in [-0.25, -0.2) is 0 Å². The maximum Gasteiger partial charge on any atom is 0.316 e. The van der Waals surface area contributed by atoms with E-state index < -0.39 is 0 Å². The summed E-state index contributed by atoms with van der Waals surface area (Å²) in [6, 6.07) is 0. The molecule has 3 aliphatic rings. The minimum absolute atomic E-state index is 0.00918. The minimum Gasteiger partial charge on any atom is -0.461 e. The van der Waals surface area contributed by atoms with Crippen LogP contribution in [0.5, 0.6) is 0 Å². The molecule has 34 heavy (non-hydrogen) atoms. The molecule has 0 aromatic rings. The molecule has 0 aliphatic heterocycles. The molecule has 3 nitrogen and oxygen atoms in total. The van der Waals surface area contributed by atoms with Crippen LogP contribution in [0.2, 0.25) is 0 Å². The van der Waals surface area contributed by atoms with Crippen molar-refractivity contribution >= 4 is 21.9 Å². The summed E-state index contributed by atoms with van der Waals surface area (Å²) in [6.45, 7) is 13.8. The van der Waals surface area contributed by atoms with Gasteiger partial charge in [0.2, 0.25) is 0 Å². The molecular formula is C30H47BrO3. The van der Waals surface area contributed by atoms with Crippen molar-refractivity contribution in [3.8, 4) is 0 Å². The van der Waals surface area contributed by atoms with Crippen LogP contribution in [-0.2, 0) is 14.3 Å². The number of halogens is 1. The average Bonchev–Trinajstić information content (AvgIpc) is 3.16. The molecule has 3 fully saturated rings. The van der Waals surface area contributed by atoms with Gasteiger partial charge in [-0.2, -0.15) is 0 Å². The lowest BCUT2D eigenvalue weighted by Crippen LogP contribution is -2.36. The summed E-state index contributed by atoms with van der Waals surface area (Å²) < 4.78 is 11.2. The fourth-order valence-electron chi connectivity index (χ4n) is 7.07. The topological polar surface area (TPSA) is 35.5 Å². The molecule has 0 aromatic heterocycles. The number of rotatable bonds is 9. The highest BCUT2D eigenvalue weighted by atomic mass is 79.9. The van der Waals surface area contributed by atoms with E-state index in [0.29, 0.717) is 11.3 Å². The number of ether oxygens (including phenoxy) is 2. The number of carbonyl (C=O) groups is 1. The van der Waals surface area contributed by atoms with Crippen molar-refractivity contribution in [1.82, 2.24) is 0 Å². The Morgan fingerprint density at radius 3 is 2.74 bits per heavy atom. The number of allylic oxidation sites excluding steroid dienone is 4. The molecule has 0 saturated heterocycles. The van der Waals surface area contributed by atoms with Crippen LogP contribution in [0.15, 0.2) is 35.5 Å². The largest absolute Gasteiger partial charge is 0.461 e. The van der Waals surface area contributed by atoms with Gasteiger partial charge in [-0.15, -0.1) is 0 Å². The van der Waals surface area contributed by atoms with Gasteiger partial charge in [0.25, 0.3) is 0 Å². The van der Waals surface area contributed by atoms with Gasteiger partial charge in [-0.3, -0.25) is 4.79 Å². The highest BCUT2D eigenvalue weighted by Crippen LogP contribution is 2.60. The van der Waals surface area contributed by atoms with Gasteiger partial charge in [-0.05, 0) is 94.0 Å². The van der Waals surface area contributed by atoms with Crippen molar-refractivity contribution in [3.05, 3.63) is 35.5 Å². The molecule has 0 heterocycles. The van der Waals surface area contributed by atoms with E-state index in [-0.39, 0.29) is 23.0 Å². The van der Waals surface area contributed by atoms with Crippen molar-refractivity contribution in [2.45, 2.75) is 110 Å². The van der Waals surface area contributed by atoms with Crippen LogP contribution >= 0.6 is 15.9 Å². The van der Waals surface area contributed by atoms with Crippen LogP contribution in [0.4, 0.5) is 0 Å². The smallest absolute Gasteiger partial charge is 0.316 e. The lowest BCUT2D eigenvalue weighted by Gasteiger charge is -2.44. The van der Waals surface area contributed by atoms with Gasteiger partial charge in [0.1, 0.15) is 11.4 Å². The van der Waals surface area contributed by atoms with Crippen molar-refractivity contribution < 1.29 is 14.3 Å². The Morgan fingerprint density at radius 2 is 2.03 bits per heavy atom. The fourth-order valence-corrected chi connectivity index (χ4v) is 7.20. The summed E-state index contributed by atoms with van der Waals surface area (Å²) in [5, 5.41) is 0.261. The molecule has 192 valence electrons. The zero-order valence-corrected chi connectivity index (χ0v) is 23.8. The molecule has 5 atom stereocenters. The minimum atomic E-state index is -0.171. The van der Waals surface area contributed by atoms with E-state index in [1.165, 1.54) is 56.1 Å². The van der Waals surface area contributed by atoms with Crippen LogP contribution in [0.3, 0.4) is 0 Å². The number of carbonyl (C=O) groups excluding carboxylic acids is 1. The van der Waals surface area contributed by atoms with Crippen LogP contribution in [-0.4, -0.2) is 30.1 Å². The van der Waals surface area contributed by atoms with E-state index in [9.17, 15) is 4.79 Å². The first-order valence-corrected chi connectivity index (χ1v) is 14.6. The van der Waals surface area contributed by atoms with Crippen LogP contribution < -0.4 is 0 Å². The van der Waals surface area contributed by atoms with Crippen LogP contribution in [0, 0.1) is 23.2 Å². The van der Waals surface area contributed by atoms with Gasteiger partial charge in [0.05, 0.1) is 5.60 Å². The lowest BCUT2D eigenvalue weighted by molar-refractivity contribution is -0.146. The zero-order chi connectivity index (χ0) is 24.9. The fraction of sp³-hybridized carbons (Fsp3) is 0.767. The third kappa shape index (κ3) is 6.66. The number of hydrogen-bond acceptors (Lipinski definition) is 3. The van der Waals surface area contributed by atoms with Gasteiger partial charge in [-0.1, -0.05) is 72.5 Å². The van der Waals surface area contributed by atoms with Gasteiger partial charge in [0.15, 0.2) is 0 Å². The molecule has 0 aromatic carbocycles. The van der Waals surface area contributed by atoms with E-state index in [1.54, 1.807) is 5.57 Å². The molecule has 0 amide bonds. The van der Waals surface area contributed by atoms with Crippen molar-refractivity contribution in [3.63, 3.8) is 0 Å². The standard InChI is InChI=1S/C30H47BrO3/c1-21-11-14-25(34-28(32)20-31)19-24(21)13-12-23-10-8-18-30(5)26(15-16-27(23)30)22(2)9-7-17-29(3,4)33-6/h12-13,22,25-27H,1,7-11,14-20H2,2-6H3/b23-12+,24-13-/t22-,25+,26-,27?,30-/m1/s1. The van der Waals surface area contributed by atoms with Gasteiger partial charge < -0.3 is 9.47 Å². The molecular weight excluding hydrogens is 488 g/mol. The molecule has 0 N–H and O–H groups in total. The normalized spacial score (nSPS) is 33.2. The maximum atomic E-state index is 11.7. The predicted molar refractivity (Wildman–Crippen MR) is 145 cm³/mol. The Bertz CT molecular complexity index is 795. The average molecular weight is 536 g/mol. The number of methoxy groups -OCH3 is 1. The molecule has 4 heteroatoms. The summed E-state index contributed by atoms with van der Waals surface area (Å²) in [6.07, 6.45) is 17.6. The molecule has 3 aliphatic carbocycles. The van der Waals surface area contributed by atoms with Gasteiger partial charge >= 0.3 is 5.97 Å². The van der Waals surface area contributed by atoms with E-state index >= 15 is 0 Å². The third-order valence-corrected chi connectivity index (χ3v) is 9.75. The summed E-state index contributed by atoms with van der Waals surface area (Å²) in [5.74, 6) is 2.12. The highest BCUT2D eigenvalue weighted by molar-refractivity contribution is 9.09. The molecule has 0 bridgehead atoms. The van der Waals surface area contributed by atoms with E-state index in [0.717, 1.165) is 37.5 Å². The highest BCUT2D eigenvalue weighted by Gasteiger charge is 2.50. The predicted octanol–water partition coefficient (Wildman–Crippen LogP) is 8.33. The van der Waals surface area contributed by atoms with E-state index in [1.807, 2.05) is 7.11 Å².